The summed E-state index contributed by atoms with van der Waals surface area (Å²) in [5.41, 5.74) is 1.68. The molecule has 0 aliphatic carbocycles. The quantitative estimate of drug-likeness (QED) is 0.645. The third kappa shape index (κ3) is 2.28. The maximum Gasteiger partial charge on any atom is 0.299 e. The van der Waals surface area contributed by atoms with Crippen molar-refractivity contribution in [1.29, 1.82) is 0 Å². The van der Waals surface area contributed by atoms with Gasteiger partial charge in [-0.05, 0) is 30.7 Å². The van der Waals surface area contributed by atoms with Crippen LogP contribution in [0, 0.1) is 6.92 Å². The van der Waals surface area contributed by atoms with Gasteiger partial charge in [0.25, 0.3) is 11.7 Å². The van der Waals surface area contributed by atoms with Crippen molar-refractivity contribution in [2.24, 2.45) is 0 Å². The Morgan fingerprint density at radius 2 is 2.00 bits per heavy atom. The molecule has 2 heterocycles. The van der Waals surface area contributed by atoms with Gasteiger partial charge < -0.3 is 0 Å². The molecule has 3 rings (SSSR count). The van der Waals surface area contributed by atoms with Crippen LogP contribution in [0.5, 0.6) is 0 Å². The van der Waals surface area contributed by atoms with Gasteiger partial charge in [0.05, 0.1) is 27.0 Å². The van der Waals surface area contributed by atoms with E-state index in [1.807, 2.05) is 13.0 Å². The van der Waals surface area contributed by atoms with Crippen molar-refractivity contribution in [1.82, 2.24) is 0 Å². The Labute approximate surface area is 129 Å². The van der Waals surface area contributed by atoms with Crippen LogP contribution in [0.2, 0.25) is 4.34 Å². The van der Waals surface area contributed by atoms with Gasteiger partial charge in [0.1, 0.15) is 0 Å². The van der Waals surface area contributed by atoms with Crippen molar-refractivity contribution >= 4 is 46.1 Å². The molecule has 0 unspecified atom stereocenters. The molecule has 0 saturated heterocycles. The van der Waals surface area contributed by atoms with Crippen LogP contribution >= 0.6 is 22.9 Å². The molecular weight excluding hydrogens is 310 g/mol. The number of nitrogens with zero attached hydrogens (tertiary/aromatic N) is 1. The van der Waals surface area contributed by atoms with E-state index in [0.29, 0.717) is 20.5 Å². The van der Waals surface area contributed by atoms with Crippen molar-refractivity contribution < 1.29 is 14.4 Å². The van der Waals surface area contributed by atoms with Gasteiger partial charge in [0.15, 0.2) is 5.78 Å². The molecule has 1 aliphatic heterocycles. The number of aryl methyl sites for hydroxylation is 1. The van der Waals surface area contributed by atoms with Gasteiger partial charge in [0, 0.05) is 0 Å². The highest BCUT2D eigenvalue weighted by atomic mass is 35.5. The van der Waals surface area contributed by atoms with E-state index in [2.05, 4.69) is 0 Å². The Kier molecular flexibility index (Phi) is 3.39. The van der Waals surface area contributed by atoms with E-state index in [4.69, 9.17) is 11.6 Å². The summed E-state index contributed by atoms with van der Waals surface area (Å²) in [4.78, 5) is 38.0. The molecule has 0 saturated carbocycles. The van der Waals surface area contributed by atoms with Crippen molar-refractivity contribution in [3.8, 4) is 0 Å². The van der Waals surface area contributed by atoms with Crippen molar-refractivity contribution in [3.05, 3.63) is 50.7 Å². The van der Waals surface area contributed by atoms with Crippen LogP contribution in [0.4, 0.5) is 5.69 Å². The summed E-state index contributed by atoms with van der Waals surface area (Å²) in [6, 6.07) is 8.40. The van der Waals surface area contributed by atoms with Crippen molar-refractivity contribution in [2.45, 2.75) is 6.92 Å². The monoisotopic (exact) mass is 319 g/mol. The van der Waals surface area contributed by atoms with Crippen LogP contribution in [0.25, 0.3) is 0 Å². The molecule has 1 amide bonds. The van der Waals surface area contributed by atoms with E-state index >= 15 is 0 Å². The fourth-order valence-electron chi connectivity index (χ4n) is 2.38. The molecule has 1 aliphatic rings. The first kappa shape index (κ1) is 14.0. The lowest BCUT2D eigenvalue weighted by Gasteiger charge is -2.17. The molecule has 0 bridgehead atoms. The van der Waals surface area contributed by atoms with Crippen LogP contribution in [0.1, 0.15) is 25.6 Å². The number of carbonyl (C=O) groups excluding carboxylic acids is 3. The largest absolute Gasteiger partial charge is 0.299 e. The van der Waals surface area contributed by atoms with Crippen LogP contribution in [-0.4, -0.2) is 24.0 Å². The fraction of sp³-hybridized carbons (Fsp3) is 0.133. The molecule has 1 aromatic heterocycles. The number of carbonyl (C=O) groups is 3. The number of hydrogen-bond donors (Lipinski definition) is 0. The molecule has 2 aromatic rings. The molecule has 1 aromatic carbocycles. The zero-order valence-corrected chi connectivity index (χ0v) is 12.6. The zero-order chi connectivity index (χ0) is 15.1. The predicted octanol–water partition coefficient (Wildman–Crippen LogP) is 3.12. The number of Topliss-reactive ketones (excluding diaryl/α,β-unsaturated/α-hetero) is 2. The van der Waals surface area contributed by atoms with E-state index in [-0.39, 0.29) is 12.3 Å². The van der Waals surface area contributed by atoms with Gasteiger partial charge >= 0.3 is 0 Å². The second-order valence-corrected chi connectivity index (χ2v) is 6.43. The number of hydrogen-bond acceptors (Lipinski definition) is 4. The fourth-order valence-corrected chi connectivity index (χ4v) is 3.35. The second kappa shape index (κ2) is 5.09. The lowest BCUT2D eigenvalue weighted by atomic mass is 10.1. The number of rotatable bonds is 3. The highest BCUT2D eigenvalue weighted by Gasteiger charge is 2.37. The zero-order valence-electron chi connectivity index (χ0n) is 11.1. The molecule has 0 fully saturated rings. The Balaban J connectivity index is 1.95. The number of benzene rings is 1. The van der Waals surface area contributed by atoms with Crippen LogP contribution in [0.15, 0.2) is 30.3 Å². The van der Waals surface area contributed by atoms with Gasteiger partial charge in [-0.2, -0.15) is 0 Å². The SMILES string of the molecule is Cc1cccc2c1N(CC(=O)c1ccc(Cl)s1)C(=O)C2=O. The maximum atomic E-state index is 12.2. The van der Waals surface area contributed by atoms with E-state index < -0.39 is 11.7 Å². The number of amides is 1. The molecule has 0 atom stereocenters. The van der Waals surface area contributed by atoms with Gasteiger partial charge in [-0.25, -0.2) is 0 Å². The summed E-state index contributed by atoms with van der Waals surface area (Å²) in [6.07, 6.45) is 0. The van der Waals surface area contributed by atoms with Crippen molar-refractivity contribution in [2.75, 3.05) is 11.4 Å². The minimum atomic E-state index is -0.657. The first-order chi connectivity index (χ1) is 9.99. The summed E-state index contributed by atoms with van der Waals surface area (Å²) in [5, 5.41) is 0. The Morgan fingerprint density at radius 1 is 1.24 bits per heavy atom. The van der Waals surface area contributed by atoms with E-state index in [1.54, 1.807) is 24.3 Å². The highest BCUT2D eigenvalue weighted by Crippen LogP contribution is 2.32. The number of halogens is 1. The summed E-state index contributed by atoms with van der Waals surface area (Å²) in [5.74, 6) is -1.45. The highest BCUT2D eigenvalue weighted by molar-refractivity contribution is 7.18. The topological polar surface area (TPSA) is 54.5 Å². The molecule has 0 N–H and O–H groups in total. The van der Waals surface area contributed by atoms with Crippen LogP contribution in [0.3, 0.4) is 0 Å². The third-order valence-corrected chi connectivity index (χ3v) is 4.61. The minimum absolute atomic E-state index is 0.154. The van der Waals surface area contributed by atoms with Crippen LogP contribution < -0.4 is 4.90 Å². The van der Waals surface area contributed by atoms with Gasteiger partial charge in [-0.3, -0.25) is 19.3 Å². The molecule has 6 heteroatoms. The number of thiophene rings is 1. The van der Waals surface area contributed by atoms with Gasteiger partial charge in [-0.1, -0.05) is 23.7 Å². The molecular formula is C15H10ClNO3S. The molecule has 21 heavy (non-hydrogen) atoms. The minimum Gasteiger partial charge on any atom is -0.297 e. The number of fused-ring (bicyclic) bond motifs is 1. The number of anilines is 1. The van der Waals surface area contributed by atoms with Crippen molar-refractivity contribution in [3.63, 3.8) is 0 Å². The molecule has 0 spiro atoms. The average molecular weight is 320 g/mol. The summed E-state index contributed by atoms with van der Waals surface area (Å²) in [6.45, 7) is 1.66. The average Bonchev–Trinajstić information content (AvgIpc) is 2.98. The summed E-state index contributed by atoms with van der Waals surface area (Å²) < 4.78 is 0.513. The third-order valence-electron chi connectivity index (χ3n) is 3.34. The number of ketones is 2. The predicted molar refractivity (Wildman–Crippen MR) is 81.5 cm³/mol. The Bertz CT molecular complexity index is 781. The molecule has 4 nitrogen and oxygen atoms in total. The maximum absolute atomic E-state index is 12.2. The first-order valence-corrected chi connectivity index (χ1v) is 7.43. The van der Waals surface area contributed by atoms with E-state index in [1.165, 1.54) is 4.90 Å². The Hall–Kier alpha value is -1.98. The van der Waals surface area contributed by atoms with E-state index in [9.17, 15) is 14.4 Å². The summed E-state index contributed by atoms with van der Waals surface area (Å²) in [7, 11) is 0. The van der Waals surface area contributed by atoms with Gasteiger partial charge in [-0.15, -0.1) is 11.3 Å². The number of para-hydroxylation sites is 1. The van der Waals surface area contributed by atoms with Crippen LogP contribution in [-0.2, 0) is 4.79 Å². The normalized spacial score (nSPS) is 13.7. The second-order valence-electron chi connectivity index (χ2n) is 4.72. The first-order valence-electron chi connectivity index (χ1n) is 6.23. The lowest BCUT2D eigenvalue weighted by Crippen LogP contribution is -2.34. The van der Waals surface area contributed by atoms with E-state index in [0.717, 1.165) is 16.9 Å². The van der Waals surface area contributed by atoms with Gasteiger partial charge in [0.2, 0.25) is 0 Å². The summed E-state index contributed by atoms with van der Waals surface area (Å²) >= 11 is 6.97. The molecule has 106 valence electrons. The molecule has 0 radical (unpaired) electrons. The lowest BCUT2D eigenvalue weighted by molar-refractivity contribution is -0.114. The standard InChI is InChI=1S/C15H10ClNO3S/c1-8-3-2-4-9-13(8)17(15(20)14(9)19)7-10(18)11-5-6-12(16)21-11/h2-6H,7H2,1H3. The Morgan fingerprint density at radius 3 is 2.67 bits per heavy atom. The smallest absolute Gasteiger partial charge is 0.297 e.